The van der Waals surface area contributed by atoms with E-state index in [-0.39, 0.29) is 21.3 Å². The predicted octanol–water partition coefficient (Wildman–Crippen LogP) is 3.54. The van der Waals surface area contributed by atoms with Crippen LogP contribution in [0, 0.1) is 10.1 Å². The van der Waals surface area contributed by atoms with Crippen LogP contribution in [-0.2, 0) is 4.79 Å². The summed E-state index contributed by atoms with van der Waals surface area (Å²) in [6.07, 6.45) is 2.87. The molecule has 0 unspecified atom stereocenters. The lowest BCUT2D eigenvalue weighted by molar-refractivity contribution is -0.384. The maximum absolute atomic E-state index is 12.5. The number of benzene rings is 2. The lowest BCUT2D eigenvalue weighted by Gasteiger charge is -2.06. The molecular weight excluding hydrogens is 374 g/mol. The highest BCUT2D eigenvalue weighted by Crippen LogP contribution is 2.33. The van der Waals surface area contributed by atoms with Gasteiger partial charge in [-0.2, -0.15) is 10.1 Å². The molecule has 0 radical (unpaired) electrons. The fourth-order valence-electron chi connectivity index (χ4n) is 2.14. The second kappa shape index (κ2) is 7.46. The molecule has 1 aliphatic heterocycles. The Hall–Kier alpha value is -3.04. The molecule has 0 aromatic heterocycles. The summed E-state index contributed by atoms with van der Waals surface area (Å²) in [5.41, 5.74) is 0.771. The van der Waals surface area contributed by atoms with E-state index in [4.69, 9.17) is 12.2 Å². The highest BCUT2D eigenvalue weighted by atomic mass is 32.2. The van der Waals surface area contributed by atoms with E-state index in [1.165, 1.54) is 18.3 Å². The van der Waals surface area contributed by atoms with Gasteiger partial charge in [0.2, 0.25) is 0 Å². The van der Waals surface area contributed by atoms with Crippen molar-refractivity contribution in [3.8, 4) is 5.75 Å². The minimum Gasteiger partial charge on any atom is -0.507 e. The van der Waals surface area contributed by atoms with E-state index >= 15 is 0 Å². The molecule has 9 heteroatoms. The normalized spacial score (nSPS) is 16.0. The predicted molar refractivity (Wildman–Crippen MR) is 104 cm³/mol. The second-order valence-electron chi connectivity index (χ2n) is 5.15. The summed E-state index contributed by atoms with van der Waals surface area (Å²) in [5, 5.41) is 25.6. The van der Waals surface area contributed by atoms with Crippen molar-refractivity contribution in [2.24, 2.45) is 5.10 Å². The summed E-state index contributed by atoms with van der Waals surface area (Å²) in [5.74, 6) is -0.588. The Labute approximate surface area is 157 Å². The van der Waals surface area contributed by atoms with Gasteiger partial charge in [0.1, 0.15) is 5.75 Å². The molecule has 0 bridgehead atoms. The van der Waals surface area contributed by atoms with Crippen LogP contribution in [0.4, 0.5) is 5.69 Å². The molecule has 1 fully saturated rings. The number of aromatic hydroxyl groups is 1. The molecule has 2 aromatic carbocycles. The van der Waals surface area contributed by atoms with Gasteiger partial charge in [0.15, 0.2) is 4.32 Å². The minimum atomic E-state index is -0.584. The Bertz CT molecular complexity index is 958. The van der Waals surface area contributed by atoms with E-state index in [1.807, 2.05) is 30.3 Å². The summed E-state index contributed by atoms with van der Waals surface area (Å²) in [6, 6.07) is 12.8. The molecule has 3 rings (SSSR count). The molecule has 0 atom stereocenters. The van der Waals surface area contributed by atoms with Gasteiger partial charge < -0.3 is 5.11 Å². The third kappa shape index (κ3) is 3.79. The molecule has 1 amide bonds. The largest absolute Gasteiger partial charge is 0.507 e. The van der Waals surface area contributed by atoms with Crippen LogP contribution in [0.15, 0.2) is 58.5 Å². The van der Waals surface area contributed by atoms with Gasteiger partial charge >= 0.3 is 0 Å². The molecule has 1 saturated heterocycles. The van der Waals surface area contributed by atoms with Crippen molar-refractivity contribution in [2.45, 2.75) is 0 Å². The maximum Gasteiger partial charge on any atom is 0.286 e. The van der Waals surface area contributed by atoms with Gasteiger partial charge in [-0.1, -0.05) is 42.1 Å². The Balaban J connectivity index is 1.84. The molecule has 1 heterocycles. The molecule has 2 aromatic rings. The summed E-state index contributed by atoms with van der Waals surface area (Å²) in [6.45, 7) is 0. The van der Waals surface area contributed by atoms with Gasteiger partial charge in [0.05, 0.1) is 16.0 Å². The summed E-state index contributed by atoms with van der Waals surface area (Å²) in [4.78, 5) is 23.1. The van der Waals surface area contributed by atoms with Crippen LogP contribution in [-0.4, -0.2) is 31.5 Å². The van der Waals surface area contributed by atoms with Crippen molar-refractivity contribution in [2.75, 3.05) is 0 Å². The SMILES string of the molecule is O=C1C(=Cc2ccccc2)SC(=S)N1/N=C/c1cc([N+](=O)[O-])ccc1O. The Morgan fingerprint density at radius 2 is 1.96 bits per heavy atom. The highest BCUT2D eigenvalue weighted by Gasteiger charge is 2.32. The van der Waals surface area contributed by atoms with Crippen LogP contribution in [0.1, 0.15) is 11.1 Å². The third-order valence-electron chi connectivity index (χ3n) is 3.40. The first kappa shape index (κ1) is 17.8. The summed E-state index contributed by atoms with van der Waals surface area (Å²) in [7, 11) is 0. The summed E-state index contributed by atoms with van der Waals surface area (Å²) >= 11 is 6.28. The van der Waals surface area contributed by atoms with Crippen LogP contribution in [0.5, 0.6) is 5.75 Å². The lowest BCUT2D eigenvalue weighted by atomic mass is 10.2. The van der Waals surface area contributed by atoms with E-state index in [1.54, 1.807) is 6.08 Å². The van der Waals surface area contributed by atoms with Crippen molar-refractivity contribution in [1.29, 1.82) is 0 Å². The number of carbonyl (C=O) groups excluding carboxylic acids is 1. The quantitative estimate of drug-likeness (QED) is 0.284. The molecule has 7 nitrogen and oxygen atoms in total. The zero-order valence-electron chi connectivity index (χ0n) is 13.1. The highest BCUT2D eigenvalue weighted by molar-refractivity contribution is 8.26. The minimum absolute atomic E-state index is 0.111. The topological polar surface area (TPSA) is 96.0 Å². The second-order valence-corrected chi connectivity index (χ2v) is 6.82. The molecular formula is C17H11N3O4S2. The van der Waals surface area contributed by atoms with E-state index in [9.17, 15) is 20.0 Å². The number of hydrogen-bond acceptors (Lipinski definition) is 7. The molecule has 0 saturated carbocycles. The van der Waals surface area contributed by atoms with E-state index in [0.717, 1.165) is 28.4 Å². The molecule has 26 heavy (non-hydrogen) atoms. The summed E-state index contributed by atoms with van der Waals surface area (Å²) < 4.78 is 0.235. The van der Waals surface area contributed by atoms with Gasteiger partial charge in [-0.3, -0.25) is 14.9 Å². The number of hydrogen-bond donors (Lipinski definition) is 1. The van der Waals surface area contributed by atoms with E-state index in [0.29, 0.717) is 4.91 Å². The Kier molecular flexibility index (Phi) is 5.10. The Morgan fingerprint density at radius 1 is 1.23 bits per heavy atom. The smallest absolute Gasteiger partial charge is 0.286 e. The number of nitrogens with zero attached hydrogens (tertiary/aromatic N) is 3. The zero-order valence-corrected chi connectivity index (χ0v) is 14.7. The first-order chi connectivity index (χ1) is 12.5. The van der Waals surface area contributed by atoms with Crippen molar-refractivity contribution in [3.05, 3.63) is 74.7 Å². The fraction of sp³-hybridized carbons (Fsp3) is 0. The number of nitro benzene ring substituents is 1. The fourth-order valence-corrected chi connectivity index (χ4v) is 3.31. The zero-order chi connectivity index (χ0) is 18.7. The van der Waals surface area contributed by atoms with Crippen LogP contribution < -0.4 is 0 Å². The third-order valence-corrected chi connectivity index (χ3v) is 4.69. The number of non-ortho nitro benzene ring substituents is 1. The molecule has 0 aliphatic carbocycles. The van der Waals surface area contributed by atoms with Crippen molar-refractivity contribution in [3.63, 3.8) is 0 Å². The van der Waals surface area contributed by atoms with Gasteiger partial charge in [0.25, 0.3) is 11.6 Å². The lowest BCUT2D eigenvalue weighted by Crippen LogP contribution is -2.22. The number of hydrazone groups is 1. The van der Waals surface area contributed by atoms with Crippen molar-refractivity contribution < 1.29 is 14.8 Å². The number of carbonyl (C=O) groups is 1. The maximum atomic E-state index is 12.5. The number of phenols is 1. The van der Waals surface area contributed by atoms with Gasteiger partial charge in [-0.25, -0.2) is 0 Å². The first-order valence-electron chi connectivity index (χ1n) is 7.30. The number of rotatable bonds is 4. The van der Waals surface area contributed by atoms with Crippen LogP contribution in [0.3, 0.4) is 0 Å². The molecule has 1 N–H and O–H groups in total. The number of phenolic OH excluding ortho intramolecular Hbond substituents is 1. The Morgan fingerprint density at radius 3 is 2.65 bits per heavy atom. The molecule has 0 spiro atoms. The van der Waals surface area contributed by atoms with Gasteiger partial charge in [0, 0.05) is 17.7 Å². The molecule has 130 valence electrons. The van der Waals surface area contributed by atoms with E-state index in [2.05, 4.69) is 5.10 Å². The van der Waals surface area contributed by atoms with Gasteiger partial charge in [-0.15, -0.1) is 0 Å². The standard InChI is InChI=1S/C17H11N3O4S2/c21-14-7-6-13(20(23)24)9-12(14)10-18-19-16(22)15(26-17(19)25)8-11-4-2-1-3-5-11/h1-10,21H/b15-8?,18-10+. The number of amides is 1. The van der Waals surface area contributed by atoms with Crippen molar-refractivity contribution in [1.82, 2.24) is 5.01 Å². The van der Waals surface area contributed by atoms with E-state index < -0.39 is 10.8 Å². The number of nitro groups is 1. The first-order valence-corrected chi connectivity index (χ1v) is 8.52. The molecule has 1 aliphatic rings. The van der Waals surface area contributed by atoms with Gasteiger partial charge in [-0.05, 0) is 29.9 Å². The van der Waals surface area contributed by atoms with Crippen LogP contribution in [0.2, 0.25) is 0 Å². The monoisotopic (exact) mass is 385 g/mol. The number of thiocarbonyl (C=S) groups is 1. The van der Waals surface area contributed by atoms with Crippen LogP contribution in [0.25, 0.3) is 6.08 Å². The van der Waals surface area contributed by atoms with Crippen molar-refractivity contribution >= 4 is 52.2 Å². The van der Waals surface area contributed by atoms with Crippen LogP contribution >= 0.6 is 24.0 Å². The number of thioether (sulfide) groups is 1. The average molecular weight is 385 g/mol. The average Bonchev–Trinajstić information content (AvgIpc) is 2.88.